The van der Waals surface area contributed by atoms with Crippen LogP contribution in [0.2, 0.25) is 5.02 Å². The van der Waals surface area contributed by atoms with Gasteiger partial charge < -0.3 is 9.47 Å². The summed E-state index contributed by atoms with van der Waals surface area (Å²) in [4.78, 5) is 12.5. The predicted octanol–water partition coefficient (Wildman–Crippen LogP) is 5.19. The van der Waals surface area contributed by atoms with Crippen molar-refractivity contribution in [3.8, 4) is 11.5 Å². The zero-order valence-electron chi connectivity index (χ0n) is 13.1. The van der Waals surface area contributed by atoms with E-state index in [0.717, 1.165) is 18.9 Å². The molecule has 0 radical (unpaired) electrons. The monoisotopic (exact) mass is 336 g/mol. The van der Waals surface area contributed by atoms with E-state index in [2.05, 4.69) is 0 Å². The van der Waals surface area contributed by atoms with Crippen LogP contribution in [0.3, 0.4) is 0 Å². The number of hydrogen-bond donors (Lipinski definition) is 0. The number of esters is 1. The van der Waals surface area contributed by atoms with Crippen LogP contribution in [0.25, 0.3) is 0 Å². The number of unbranched alkanes of at least 4 members (excludes halogenated alkanes) is 1. The second kappa shape index (κ2) is 7.97. The molecule has 23 heavy (non-hydrogen) atoms. The van der Waals surface area contributed by atoms with Crippen molar-refractivity contribution in [1.82, 2.24) is 0 Å². The van der Waals surface area contributed by atoms with Gasteiger partial charge in [0.05, 0.1) is 11.6 Å². The summed E-state index contributed by atoms with van der Waals surface area (Å²) < 4.78 is 24.9. The molecule has 2 rings (SSSR count). The summed E-state index contributed by atoms with van der Waals surface area (Å²) in [6.45, 7) is 3.91. The Morgan fingerprint density at radius 3 is 2.61 bits per heavy atom. The maximum atomic E-state index is 14.0. The van der Waals surface area contributed by atoms with Crippen molar-refractivity contribution >= 4 is 17.6 Å². The maximum Gasteiger partial charge on any atom is 0.347 e. The smallest absolute Gasteiger partial charge is 0.347 e. The number of rotatable bonds is 6. The number of hydrogen-bond acceptors (Lipinski definition) is 3. The van der Waals surface area contributed by atoms with Gasteiger partial charge in [-0.1, -0.05) is 43.1 Å². The zero-order chi connectivity index (χ0) is 16.8. The summed E-state index contributed by atoms with van der Waals surface area (Å²) >= 11 is 6.06. The minimum absolute atomic E-state index is 0.0231. The highest BCUT2D eigenvalue weighted by atomic mass is 35.5. The van der Waals surface area contributed by atoms with Crippen LogP contribution in [0.15, 0.2) is 36.4 Å². The molecule has 2 aromatic carbocycles. The second-order valence-corrected chi connectivity index (χ2v) is 5.48. The van der Waals surface area contributed by atoms with Crippen LogP contribution in [-0.4, -0.2) is 12.6 Å². The molecule has 0 aliphatic heterocycles. The van der Waals surface area contributed by atoms with Gasteiger partial charge in [0.1, 0.15) is 17.1 Å². The van der Waals surface area contributed by atoms with Crippen LogP contribution >= 0.6 is 11.6 Å². The highest BCUT2D eigenvalue weighted by molar-refractivity contribution is 6.32. The number of ether oxygens (including phenoxy) is 2. The average Bonchev–Trinajstić information content (AvgIpc) is 2.53. The predicted molar refractivity (Wildman–Crippen MR) is 88.0 cm³/mol. The van der Waals surface area contributed by atoms with Gasteiger partial charge in [-0.15, -0.1) is 0 Å². The third kappa shape index (κ3) is 4.23. The molecule has 0 unspecified atom stereocenters. The Morgan fingerprint density at radius 2 is 1.96 bits per heavy atom. The molecule has 0 atom stereocenters. The molecule has 0 fully saturated rings. The molecule has 0 aliphatic rings. The molecule has 5 heteroatoms. The van der Waals surface area contributed by atoms with Gasteiger partial charge in [-0.25, -0.2) is 9.18 Å². The first-order chi connectivity index (χ1) is 11.0. The largest absolute Gasteiger partial charge is 0.491 e. The lowest BCUT2D eigenvalue weighted by Gasteiger charge is -2.15. The molecule has 0 aromatic heterocycles. The third-order valence-electron chi connectivity index (χ3n) is 3.33. The van der Waals surface area contributed by atoms with E-state index in [0.29, 0.717) is 12.4 Å². The van der Waals surface area contributed by atoms with Crippen molar-refractivity contribution in [3.05, 3.63) is 58.4 Å². The van der Waals surface area contributed by atoms with Crippen LogP contribution in [0.1, 0.15) is 35.7 Å². The fraction of sp³-hybridized carbons (Fsp3) is 0.278. The fourth-order valence-corrected chi connectivity index (χ4v) is 2.29. The van der Waals surface area contributed by atoms with Gasteiger partial charge in [0.15, 0.2) is 5.75 Å². The van der Waals surface area contributed by atoms with E-state index in [4.69, 9.17) is 21.1 Å². The number of halogens is 2. The summed E-state index contributed by atoms with van der Waals surface area (Å²) in [5, 5.41) is 0.0595. The standard InChI is InChI=1S/C18H18ClFO3/c1-3-4-10-22-17-14(19)11-15(20)12(2)16(17)18(21)23-13-8-6-5-7-9-13/h5-9,11H,3-4,10H2,1-2H3. The molecule has 0 amide bonds. The van der Waals surface area contributed by atoms with Gasteiger partial charge in [-0.05, 0) is 31.5 Å². The molecule has 3 nitrogen and oxygen atoms in total. The SMILES string of the molecule is CCCCOc1c(Cl)cc(F)c(C)c1C(=O)Oc1ccccc1. The van der Waals surface area contributed by atoms with Gasteiger partial charge in [0.2, 0.25) is 0 Å². The van der Waals surface area contributed by atoms with E-state index < -0.39 is 11.8 Å². The van der Waals surface area contributed by atoms with Crippen LogP contribution in [0.5, 0.6) is 11.5 Å². The molecular weight excluding hydrogens is 319 g/mol. The third-order valence-corrected chi connectivity index (χ3v) is 3.61. The summed E-state index contributed by atoms with van der Waals surface area (Å²) in [7, 11) is 0. The first-order valence-corrected chi connectivity index (χ1v) is 7.81. The van der Waals surface area contributed by atoms with Gasteiger partial charge in [-0.2, -0.15) is 0 Å². The van der Waals surface area contributed by atoms with Gasteiger partial charge >= 0.3 is 5.97 Å². The Labute approximate surface area is 140 Å². The molecule has 122 valence electrons. The van der Waals surface area contributed by atoms with E-state index >= 15 is 0 Å². The lowest BCUT2D eigenvalue weighted by Crippen LogP contribution is -2.14. The summed E-state index contributed by atoms with van der Waals surface area (Å²) in [5.74, 6) is -0.726. The number of benzene rings is 2. The first kappa shape index (κ1) is 17.3. The van der Waals surface area contributed by atoms with Crippen LogP contribution in [-0.2, 0) is 0 Å². The summed E-state index contributed by atoms with van der Waals surface area (Å²) in [6.07, 6.45) is 1.74. The molecular formula is C18H18ClFO3. The number of carbonyl (C=O) groups is 1. The minimum Gasteiger partial charge on any atom is -0.491 e. The minimum atomic E-state index is -0.693. The highest BCUT2D eigenvalue weighted by Gasteiger charge is 2.24. The Bertz CT molecular complexity index is 686. The molecule has 0 saturated carbocycles. The number of carbonyl (C=O) groups excluding carboxylic acids is 1. The Kier molecular flexibility index (Phi) is 5.99. The van der Waals surface area contributed by atoms with Crippen molar-refractivity contribution < 1.29 is 18.7 Å². The quantitative estimate of drug-likeness (QED) is 0.414. The molecule has 0 saturated heterocycles. The molecule has 0 spiro atoms. The molecule has 0 N–H and O–H groups in total. The van der Waals surface area contributed by atoms with E-state index in [9.17, 15) is 9.18 Å². The lowest BCUT2D eigenvalue weighted by atomic mass is 10.1. The van der Waals surface area contributed by atoms with Crippen molar-refractivity contribution in [2.45, 2.75) is 26.7 Å². The fourth-order valence-electron chi connectivity index (χ4n) is 2.05. The van der Waals surface area contributed by atoms with E-state index in [1.807, 2.05) is 6.92 Å². The van der Waals surface area contributed by atoms with Gasteiger partial charge in [-0.3, -0.25) is 0 Å². The summed E-state index contributed by atoms with van der Waals surface area (Å²) in [6, 6.07) is 9.73. The average molecular weight is 337 g/mol. The van der Waals surface area contributed by atoms with Crippen molar-refractivity contribution in [3.63, 3.8) is 0 Å². The Morgan fingerprint density at radius 1 is 1.26 bits per heavy atom. The van der Waals surface area contributed by atoms with Crippen LogP contribution in [0, 0.1) is 12.7 Å². The van der Waals surface area contributed by atoms with E-state index in [1.54, 1.807) is 30.3 Å². The van der Waals surface area contributed by atoms with Gasteiger partial charge in [0, 0.05) is 5.56 Å². The Hall–Kier alpha value is -2.07. The van der Waals surface area contributed by atoms with Crippen molar-refractivity contribution in [2.75, 3.05) is 6.61 Å². The van der Waals surface area contributed by atoms with Crippen LogP contribution < -0.4 is 9.47 Å². The molecule has 0 heterocycles. The van der Waals surface area contributed by atoms with E-state index in [1.165, 1.54) is 6.92 Å². The Balaban J connectivity index is 2.36. The summed E-state index contributed by atoms with van der Waals surface area (Å²) in [5.41, 5.74) is 0.178. The van der Waals surface area contributed by atoms with E-state index in [-0.39, 0.29) is 21.9 Å². The normalized spacial score (nSPS) is 10.4. The van der Waals surface area contributed by atoms with Crippen LogP contribution in [0.4, 0.5) is 4.39 Å². The highest BCUT2D eigenvalue weighted by Crippen LogP contribution is 2.34. The van der Waals surface area contributed by atoms with Gasteiger partial charge in [0.25, 0.3) is 0 Å². The van der Waals surface area contributed by atoms with Crippen molar-refractivity contribution in [1.29, 1.82) is 0 Å². The first-order valence-electron chi connectivity index (χ1n) is 7.43. The topological polar surface area (TPSA) is 35.5 Å². The second-order valence-electron chi connectivity index (χ2n) is 5.07. The lowest BCUT2D eigenvalue weighted by molar-refractivity contribution is 0.0728. The maximum absolute atomic E-state index is 14.0. The zero-order valence-corrected chi connectivity index (χ0v) is 13.8. The molecule has 2 aromatic rings. The van der Waals surface area contributed by atoms with Crippen molar-refractivity contribution in [2.24, 2.45) is 0 Å². The molecule has 0 aliphatic carbocycles. The molecule has 0 bridgehead atoms. The number of para-hydroxylation sites is 1.